The van der Waals surface area contributed by atoms with Gasteiger partial charge in [-0.25, -0.2) is 0 Å². The molecule has 20 heavy (non-hydrogen) atoms. The Morgan fingerprint density at radius 2 is 1.75 bits per heavy atom. The molecular weight excluding hydrogens is 242 g/mol. The van der Waals surface area contributed by atoms with Crippen LogP contribution >= 0.6 is 0 Å². The molecule has 1 aliphatic carbocycles. The Balaban J connectivity index is 2.30. The molecule has 1 aromatic carbocycles. The number of rotatable bonds is 6. The summed E-state index contributed by atoms with van der Waals surface area (Å²) in [6, 6.07) is 11.9. The van der Waals surface area contributed by atoms with E-state index in [0.717, 1.165) is 5.92 Å². The van der Waals surface area contributed by atoms with Gasteiger partial charge >= 0.3 is 0 Å². The Hall–Kier alpha value is -0.820. The Bertz CT molecular complexity index is 378. The molecule has 1 nitrogen and oxygen atoms in total. The predicted octanol–water partition coefficient (Wildman–Crippen LogP) is 4.91. The molecule has 0 amide bonds. The highest BCUT2D eigenvalue weighted by atomic mass is 14.9. The summed E-state index contributed by atoms with van der Waals surface area (Å²) in [6.07, 6.45) is 9.44. The number of hydrogen-bond acceptors (Lipinski definition) is 1. The normalized spacial score (nSPS) is 21.4. The van der Waals surface area contributed by atoms with Crippen molar-refractivity contribution in [1.29, 1.82) is 0 Å². The summed E-state index contributed by atoms with van der Waals surface area (Å²) < 4.78 is 0. The van der Waals surface area contributed by atoms with E-state index in [2.05, 4.69) is 56.5 Å². The SMILES string of the molecule is CCC(C)CC(NC)C1(c2ccccc2)CCCCC1. The summed E-state index contributed by atoms with van der Waals surface area (Å²) in [6.45, 7) is 4.71. The predicted molar refractivity (Wildman–Crippen MR) is 88.1 cm³/mol. The fourth-order valence-corrected chi connectivity index (χ4v) is 3.98. The molecule has 0 radical (unpaired) electrons. The largest absolute Gasteiger partial charge is 0.316 e. The lowest BCUT2D eigenvalue weighted by Gasteiger charge is -2.45. The van der Waals surface area contributed by atoms with Crippen LogP contribution < -0.4 is 5.32 Å². The fraction of sp³-hybridized carbons (Fsp3) is 0.684. The quantitative estimate of drug-likeness (QED) is 0.776. The van der Waals surface area contributed by atoms with E-state index in [0.29, 0.717) is 11.5 Å². The third-order valence-electron chi connectivity index (χ3n) is 5.44. The van der Waals surface area contributed by atoms with Crippen LogP contribution in [0.3, 0.4) is 0 Å². The first kappa shape index (κ1) is 15.6. The molecule has 1 heteroatoms. The van der Waals surface area contributed by atoms with E-state index in [1.807, 2.05) is 0 Å². The van der Waals surface area contributed by atoms with Crippen LogP contribution in [0.15, 0.2) is 30.3 Å². The highest BCUT2D eigenvalue weighted by Crippen LogP contribution is 2.43. The molecule has 1 aliphatic rings. The molecule has 0 bridgehead atoms. The van der Waals surface area contributed by atoms with E-state index in [9.17, 15) is 0 Å². The maximum atomic E-state index is 3.68. The second kappa shape index (κ2) is 7.26. The lowest BCUT2D eigenvalue weighted by Crippen LogP contribution is -2.49. The fourth-order valence-electron chi connectivity index (χ4n) is 3.98. The van der Waals surface area contributed by atoms with Crippen LogP contribution in [0.25, 0.3) is 0 Å². The zero-order chi connectivity index (χ0) is 14.4. The molecule has 1 aromatic rings. The molecule has 2 unspecified atom stereocenters. The van der Waals surface area contributed by atoms with Crippen molar-refractivity contribution in [3.63, 3.8) is 0 Å². The van der Waals surface area contributed by atoms with Crippen molar-refractivity contribution in [1.82, 2.24) is 5.32 Å². The highest BCUT2D eigenvalue weighted by Gasteiger charge is 2.40. The van der Waals surface area contributed by atoms with E-state index in [1.165, 1.54) is 44.9 Å². The number of likely N-dealkylation sites (N-methyl/N-ethyl adjacent to an activating group) is 1. The van der Waals surface area contributed by atoms with E-state index in [1.54, 1.807) is 5.56 Å². The number of benzene rings is 1. The first-order chi connectivity index (χ1) is 9.73. The van der Waals surface area contributed by atoms with Gasteiger partial charge in [0.05, 0.1) is 0 Å². The number of nitrogens with one attached hydrogen (secondary N) is 1. The summed E-state index contributed by atoms with van der Waals surface area (Å²) in [5.74, 6) is 0.801. The number of hydrogen-bond donors (Lipinski definition) is 1. The standard InChI is InChI=1S/C19H31N/c1-4-16(2)15-18(20-3)19(13-9-6-10-14-19)17-11-7-5-8-12-17/h5,7-8,11-12,16,18,20H,4,6,9-10,13-15H2,1-3H3. The molecule has 0 aliphatic heterocycles. The minimum atomic E-state index is 0.359. The molecule has 1 fully saturated rings. The molecule has 1 N–H and O–H groups in total. The Morgan fingerprint density at radius 1 is 1.10 bits per heavy atom. The van der Waals surface area contributed by atoms with Gasteiger partial charge in [-0.1, -0.05) is 69.9 Å². The topological polar surface area (TPSA) is 12.0 Å². The maximum absolute atomic E-state index is 3.68. The van der Waals surface area contributed by atoms with Crippen molar-refractivity contribution in [3.05, 3.63) is 35.9 Å². The van der Waals surface area contributed by atoms with Crippen molar-refractivity contribution in [2.24, 2.45) is 5.92 Å². The molecule has 1 saturated carbocycles. The summed E-state index contributed by atoms with van der Waals surface area (Å²) >= 11 is 0. The Morgan fingerprint density at radius 3 is 2.30 bits per heavy atom. The zero-order valence-corrected chi connectivity index (χ0v) is 13.5. The lowest BCUT2D eigenvalue weighted by atomic mass is 9.63. The van der Waals surface area contributed by atoms with Gasteiger partial charge in [-0.15, -0.1) is 0 Å². The zero-order valence-electron chi connectivity index (χ0n) is 13.5. The average molecular weight is 273 g/mol. The van der Waals surface area contributed by atoms with Crippen molar-refractivity contribution in [2.75, 3.05) is 7.05 Å². The summed E-state index contributed by atoms with van der Waals surface area (Å²) in [5, 5.41) is 3.68. The minimum Gasteiger partial charge on any atom is -0.316 e. The summed E-state index contributed by atoms with van der Waals surface area (Å²) in [5.41, 5.74) is 1.92. The van der Waals surface area contributed by atoms with Crippen molar-refractivity contribution >= 4 is 0 Å². The van der Waals surface area contributed by atoms with E-state index in [4.69, 9.17) is 0 Å². The van der Waals surface area contributed by atoms with Crippen LogP contribution in [0.1, 0.15) is 64.4 Å². The van der Waals surface area contributed by atoms with Crippen LogP contribution in [0, 0.1) is 5.92 Å². The minimum absolute atomic E-state index is 0.359. The first-order valence-corrected chi connectivity index (χ1v) is 8.45. The van der Waals surface area contributed by atoms with Gasteiger partial charge in [0.15, 0.2) is 0 Å². The molecular formula is C19H31N. The third kappa shape index (κ3) is 3.25. The maximum Gasteiger partial charge on any atom is 0.0163 e. The second-order valence-corrected chi connectivity index (χ2v) is 6.67. The first-order valence-electron chi connectivity index (χ1n) is 8.45. The van der Waals surface area contributed by atoms with Crippen molar-refractivity contribution in [3.8, 4) is 0 Å². The van der Waals surface area contributed by atoms with Gasteiger partial charge in [0.25, 0.3) is 0 Å². The van der Waals surface area contributed by atoms with Gasteiger partial charge in [0.2, 0.25) is 0 Å². The molecule has 0 spiro atoms. The lowest BCUT2D eigenvalue weighted by molar-refractivity contribution is 0.194. The van der Waals surface area contributed by atoms with E-state index >= 15 is 0 Å². The summed E-state index contributed by atoms with van der Waals surface area (Å²) in [7, 11) is 2.16. The van der Waals surface area contributed by atoms with Gasteiger partial charge in [-0.3, -0.25) is 0 Å². The third-order valence-corrected chi connectivity index (χ3v) is 5.44. The van der Waals surface area contributed by atoms with E-state index < -0.39 is 0 Å². The van der Waals surface area contributed by atoms with Gasteiger partial charge in [0.1, 0.15) is 0 Å². The van der Waals surface area contributed by atoms with Crippen LogP contribution in [0.2, 0.25) is 0 Å². The van der Waals surface area contributed by atoms with E-state index in [-0.39, 0.29) is 0 Å². The molecule has 0 aromatic heterocycles. The van der Waals surface area contributed by atoms with Gasteiger partial charge in [-0.05, 0) is 37.8 Å². The van der Waals surface area contributed by atoms with Crippen LogP contribution in [0.5, 0.6) is 0 Å². The van der Waals surface area contributed by atoms with Gasteiger partial charge in [-0.2, -0.15) is 0 Å². The molecule has 2 rings (SSSR count). The van der Waals surface area contributed by atoms with Crippen molar-refractivity contribution < 1.29 is 0 Å². The molecule has 2 atom stereocenters. The molecule has 0 heterocycles. The van der Waals surface area contributed by atoms with Crippen LogP contribution in [-0.4, -0.2) is 13.1 Å². The average Bonchev–Trinajstić information content (AvgIpc) is 2.53. The van der Waals surface area contributed by atoms with Crippen LogP contribution in [0.4, 0.5) is 0 Å². The molecule has 0 saturated heterocycles. The van der Waals surface area contributed by atoms with Gasteiger partial charge < -0.3 is 5.32 Å². The smallest absolute Gasteiger partial charge is 0.0163 e. The second-order valence-electron chi connectivity index (χ2n) is 6.67. The highest BCUT2D eigenvalue weighted by molar-refractivity contribution is 5.28. The summed E-state index contributed by atoms with van der Waals surface area (Å²) in [4.78, 5) is 0. The van der Waals surface area contributed by atoms with Crippen molar-refractivity contribution in [2.45, 2.75) is 70.3 Å². The monoisotopic (exact) mass is 273 g/mol. The Kier molecular flexibility index (Phi) is 5.65. The molecule has 112 valence electrons. The Labute approximate surface area is 125 Å². The van der Waals surface area contributed by atoms with Gasteiger partial charge in [0, 0.05) is 11.5 Å². The van der Waals surface area contributed by atoms with Crippen LogP contribution in [-0.2, 0) is 5.41 Å².